The van der Waals surface area contributed by atoms with Gasteiger partial charge in [0, 0.05) is 17.3 Å². The zero-order valence-electron chi connectivity index (χ0n) is 11.3. The molecule has 0 aromatic carbocycles. The molecule has 0 aliphatic rings. The molecule has 0 unspecified atom stereocenters. The van der Waals surface area contributed by atoms with Crippen LogP contribution >= 0.6 is 15.9 Å². The number of nitrogens with one attached hydrogen (secondary N) is 1. The fraction of sp³-hybridized carbons (Fsp3) is 0.923. The predicted octanol–water partition coefficient (Wildman–Crippen LogP) is 3.74. The van der Waals surface area contributed by atoms with Gasteiger partial charge in [0.05, 0.1) is 0 Å². The zero-order valence-corrected chi connectivity index (χ0v) is 12.9. The van der Waals surface area contributed by atoms with E-state index in [1.54, 1.807) is 0 Å². The van der Waals surface area contributed by atoms with Gasteiger partial charge in [-0.2, -0.15) is 0 Å². The van der Waals surface area contributed by atoms with Crippen molar-refractivity contribution in [2.24, 2.45) is 10.8 Å². The minimum Gasteiger partial charge on any atom is -0.355 e. The first-order valence-electron chi connectivity index (χ1n) is 6.21. The maximum Gasteiger partial charge on any atom is 0.225 e. The van der Waals surface area contributed by atoms with Gasteiger partial charge in [-0.3, -0.25) is 4.79 Å². The van der Waals surface area contributed by atoms with E-state index in [0.29, 0.717) is 0 Å². The summed E-state index contributed by atoms with van der Waals surface area (Å²) in [6.45, 7) is 11.2. The van der Waals surface area contributed by atoms with E-state index >= 15 is 0 Å². The van der Waals surface area contributed by atoms with E-state index in [2.05, 4.69) is 42.0 Å². The van der Waals surface area contributed by atoms with Crippen LogP contribution in [-0.4, -0.2) is 17.8 Å². The second-order valence-electron chi connectivity index (χ2n) is 5.26. The average molecular weight is 292 g/mol. The van der Waals surface area contributed by atoms with E-state index in [1.165, 1.54) is 0 Å². The Labute approximate surface area is 109 Å². The van der Waals surface area contributed by atoms with E-state index in [1.807, 2.05) is 13.8 Å². The van der Waals surface area contributed by atoms with E-state index in [9.17, 15) is 4.79 Å². The van der Waals surface area contributed by atoms with Gasteiger partial charge in [-0.15, -0.1) is 0 Å². The molecule has 0 saturated carbocycles. The van der Waals surface area contributed by atoms with Crippen LogP contribution in [0.5, 0.6) is 0 Å². The number of alkyl halides is 1. The molecule has 0 aliphatic carbocycles. The van der Waals surface area contributed by atoms with Crippen molar-refractivity contribution < 1.29 is 4.79 Å². The average Bonchev–Trinajstić information content (AvgIpc) is 2.31. The van der Waals surface area contributed by atoms with Gasteiger partial charge in [-0.05, 0) is 24.7 Å². The number of rotatable bonds is 7. The topological polar surface area (TPSA) is 29.1 Å². The highest BCUT2D eigenvalue weighted by Crippen LogP contribution is 2.28. The monoisotopic (exact) mass is 291 g/mol. The Morgan fingerprint density at radius 3 is 1.94 bits per heavy atom. The largest absolute Gasteiger partial charge is 0.355 e. The third-order valence-corrected chi connectivity index (χ3v) is 5.10. The molecule has 3 heteroatoms. The lowest BCUT2D eigenvalue weighted by Gasteiger charge is -2.31. The van der Waals surface area contributed by atoms with Crippen LogP contribution in [0.3, 0.4) is 0 Å². The van der Waals surface area contributed by atoms with Crippen LogP contribution in [0, 0.1) is 10.8 Å². The predicted molar refractivity (Wildman–Crippen MR) is 73.9 cm³/mol. The fourth-order valence-electron chi connectivity index (χ4n) is 1.40. The molecule has 2 nitrogen and oxygen atoms in total. The lowest BCUT2D eigenvalue weighted by Crippen LogP contribution is -2.43. The molecule has 0 heterocycles. The second kappa shape index (κ2) is 6.63. The fourth-order valence-corrected chi connectivity index (χ4v) is 2.40. The van der Waals surface area contributed by atoms with Gasteiger partial charge in [0.1, 0.15) is 0 Å². The van der Waals surface area contributed by atoms with Gasteiger partial charge < -0.3 is 5.32 Å². The van der Waals surface area contributed by atoms with Crippen molar-refractivity contribution in [1.82, 2.24) is 5.32 Å². The van der Waals surface area contributed by atoms with Crippen molar-refractivity contribution in [3.05, 3.63) is 0 Å². The highest BCUT2D eigenvalue weighted by atomic mass is 79.9. The van der Waals surface area contributed by atoms with Gasteiger partial charge in [0.25, 0.3) is 0 Å². The molecule has 1 N–H and O–H groups in total. The SMILES string of the molecule is CCC(CC)(CBr)CNC(=O)C(C)(C)CC. The molecule has 0 atom stereocenters. The lowest BCUT2D eigenvalue weighted by molar-refractivity contribution is -0.130. The smallest absolute Gasteiger partial charge is 0.225 e. The molecule has 0 saturated heterocycles. The summed E-state index contributed by atoms with van der Waals surface area (Å²) in [5.74, 6) is 0.169. The van der Waals surface area contributed by atoms with Crippen molar-refractivity contribution in [2.45, 2.75) is 53.9 Å². The van der Waals surface area contributed by atoms with Gasteiger partial charge in [0.15, 0.2) is 0 Å². The van der Waals surface area contributed by atoms with Crippen LogP contribution in [-0.2, 0) is 4.79 Å². The summed E-state index contributed by atoms with van der Waals surface area (Å²) in [4.78, 5) is 12.0. The molecule has 1 amide bonds. The molecule has 0 radical (unpaired) electrons. The third kappa shape index (κ3) is 4.08. The number of hydrogen-bond acceptors (Lipinski definition) is 1. The van der Waals surface area contributed by atoms with Gasteiger partial charge in [-0.1, -0.05) is 50.5 Å². The van der Waals surface area contributed by atoms with Crippen molar-refractivity contribution >= 4 is 21.8 Å². The molecule has 0 aromatic rings. The summed E-state index contributed by atoms with van der Waals surface area (Å²) in [7, 11) is 0. The maximum atomic E-state index is 12.0. The van der Waals surface area contributed by atoms with Crippen LogP contribution in [0.1, 0.15) is 53.9 Å². The minimum absolute atomic E-state index is 0.169. The molecule has 0 bridgehead atoms. The van der Waals surface area contributed by atoms with Crippen LogP contribution in [0.4, 0.5) is 0 Å². The molecule has 96 valence electrons. The molecule has 0 spiro atoms. The normalized spacial score (nSPS) is 12.6. The zero-order chi connectivity index (χ0) is 12.8. The summed E-state index contributed by atoms with van der Waals surface area (Å²) in [5.41, 5.74) is -0.0426. The number of hydrogen-bond donors (Lipinski definition) is 1. The molecule has 0 aliphatic heterocycles. The molecular formula is C13H26BrNO. The minimum atomic E-state index is -0.250. The summed E-state index contributed by atoms with van der Waals surface area (Å²) < 4.78 is 0. The standard InChI is InChI=1S/C13H26BrNO/c1-6-12(4,5)11(16)15-10-13(7-2,8-3)9-14/h6-10H2,1-5H3,(H,15,16). The summed E-state index contributed by atoms with van der Waals surface area (Å²) in [5, 5.41) is 4.04. The van der Waals surface area contributed by atoms with Crippen molar-refractivity contribution in [1.29, 1.82) is 0 Å². The molecule has 0 rings (SSSR count). The lowest BCUT2D eigenvalue weighted by atomic mass is 9.83. The Hall–Kier alpha value is -0.0500. The number of amides is 1. The van der Waals surface area contributed by atoms with E-state index in [-0.39, 0.29) is 16.7 Å². The molecule has 0 fully saturated rings. The van der Waals surface area contributed by atoms with E-state index in [0.717, 1.165) is 31.1 Å². The number of carbonyl (C=O) groups is 1. The summed E-state index contributed by atoms with van der Waals surface area (Å²) >= 11 is 3.56. The molecule has 0 aromatic heterocycles. The molecular weight excluding hydrogens is 266 g/mol. The van der Waals surface area contributed by atoms with Crippen LogP contribution in [0.2, 0.25) is 0 Å². The quantitative estimate of drug-likeness (QED) is 0.712. The number of halogens is 1. The second-order valence-corrected chi connectivity index (χ2v) is 5.82. The maximum absolute atomic E-state index is 12.0. The Morgan fingerprint density at radius 2 is 1.62 bits per heavy atom. The van der Waals surface area contributed by atoms with Crippen molar-refractivity contribution in [3.63, 3.8) is 0 Å². The van der Waals surface area contributed by atoms with Gasteiger partial charge in [-0.25, -0.2) is 0 Å². The highest BCUT2D eigenvalue weighted by molar-refractivity contribution is 9.09. The van der Waals surface area contributed by atoms with Crippen LogP contribution < -0.4 is 5.32 Å². The number of carbonyl (C=O) groups excluding carboxylic acids is 1. The summed E-state index contributed by atoms with van der Waals surface area (Å²) in [6, 6.07) is 0. The molecule has 16 heavy (non-hydrogen) atoms. The first-order chi connectivity index (χ1) is 7.37. The highest BCUT2D eigenvalue weighted by Gasteiger charge is 2.29. The first kappa shape index (κ1) is 16.0. The van der Waals surface area contributed by atoms with Crippen LogP contribution in [0.25, 0.3) is 0 Å². The van der Waals surface area contributed by atoms with Crippen LogP contribution in [0.15, 0.2) is 0 Å². The van der Waals surface area contributed by atoms with Gasteiger partial charge in [0.2, 0.25) is 5.91 Å². The third-order valence-electron chi connectivity index (χ3n) is 3.91. The van der Waals surface area contributed by atoms with Crippen molar-refractivity contribution in [3.8, 4) is 0 Å². The first-order valence-corrected chi connectivity index (χ1v) is 7.34. The van der Waals surface area contributed by atoms with E-state index in [4.69, 9.17) is 0 Å². The summed E-state index contributed by atoms with van der Waals surface area (Å²) in [6.07, 6.45) is 3.04. The van der Waals surface area contributed by atoms with Crippen molar-refractivity contribution in [2.75, 3.05) is 11.9 Å². The Bertz CT molecular complexity index is 214. The van der Waals surface area contributed by atoms with Gasteiger partial charge >= 0.3 is 0 Å². The Morgan fingerprint density at radius 1 is 1.12 bits per heavy atom. The Kier molecular flexibility index (Phi) is 6.61. The van der Waals surface area contributed by atoms with E-state index < -0.39 is 0 Å². The Balaban J connectivity index is 4.38.